The first-order valence-electron chi connectivity index (χ1n) is 11.0. The molecule has 170 valence electrons. The second kappa shape index (κ2) is 10.7. The van der Waals surface area contributed by atoms with Gasteiger partial charge in [-0.15, -0.1) is 0 Å². The van der Waals surface area contributed by atoms with E-state index in [2.05, 4.69) is 21.5 Å². The van der Waals surface area contributed by atoms with Crippen molar-refractivity contribution in [3.05, 3.63) is 71.3 Å². The molecule has 1 aliphatic heterocycles. The van der Waals surface area contributed by atoms with Crippen molar-refractivity contribution in [3.8, 4) is 0 Å². The molecule has 1 saturated heterocycles. The topological polar surface area (TPSA) is 119 Å². The molecule has 2 aromatic carbocycles. The zero-order valence-electron chi connectivity index (χ0n) is 18.9. The van der Waals surface area contributed by atoms with Crippen LogP contribution >= 0.6 is 0 Å². The third-order valence-electron chi connectivity index (χ3n) is 5.85. The summed E-state index contributed by atoms with van der Waals surface area (Å²) in [6.07, 6.45) is 1.51. The first-order valence-corrected chi connectivity index (χ1v) is 11.0. The van der Waals surface area contributed by atoms with E-state index in [1.54, 1.807) is 38.2 Å². The summed E-state index contributed by atoms with van der Waals surface area (Å²) in [6, 6.07) is 15.9. The van der Waals surface area contributed by atoms with Crippen LogP contribution in [0.2, 0.25) is 0 Å². The molecule has 1 aliphatic rings. The summed E-state index contributed by atoms with van der Waals surface area (Å²) in [6.45, 7) is 3.99. The van der Waals surface area contributed by atoms with E-state index in [0.29, 0.717) is 36.9 Å². The van der Waals surface area contributed by atoms with E-state index in [1.807, 2.05) is 37.3 Å². The Balaban J connectivity index is 1.52. The third kappa shape index (κ3) is 6.64. The van der Waals surface area contributed by atoms with Crippen LogP contribution in [-0.4, -0.2) is 48.7 Å². The molecule has 7 heteroatoms. The Labute approximate surface area is 189 Å². The Hall–Kier alpha value is -2.71. The maximum absolute atomic E-state index is 12.6. The Bertz CT molecular complexity index is 939. The lowest BCUT2D eigenvalue weighted by Crippen LogP contribution is -2.42. The fourth-order valence-corrected chi connectivity index (χ4v) is 3.68. The summed E-state index contributed by atoms with van der Waals surface area (Å²) in [5.74, 6) is 0.107. The Kier molecular flexibility index (Phi) is 8.04. The highest BCUT2D eigenvalue weighted by atomic mass is 16.1. The van der Waals surface area contributed by atoms with E-state index < -0.39 is 0 Å². The summed E-state index contributed by atoms with van der Waals surface area (Å²) >= 11 is 0. The van der Waals surface area contributed by atoms with Crippen LogP contribution < -0.4 is 21.5 Å². The van der Waals surface area contributed by atoms with Crippen molar-refractivity contribution in [1.29, 1.82) is 0 Å². The van der Waals surface area contributed by atoms with E-state index in [0.717, 1.165) is 5.56 Å². The van der Waals surface area contributed by atoms with Crippen LogP contribution in [-0.2, 0) is 16.0 Å². The van der Waals surface area contributed by atoms with Gasteiger partial charge in [0.05, 0.1) is 17.7 Å². The highest BCUT2D eigenvalue weighted by Gasteiger charge is 2.39. The molecule has 0 aromatic heterocycles. The number of likely N-dealkylation sites (N-methyl/N-ethyl adjacent to an activating group) is 1. The molecule has 0 saturated carbocycles. The molecule has 2 aromatic rings. The second-order valence-electron chi connectivity index (χ2n) is 8.56. The molecule has 0 unspecified atom stereocenters. The predicted octanol–water partition coefficient (Wildman–Crippen LogP) is 1.77. The number of carbonyl (C=O) groups excluding carboxylic acids is 3. The number of carbonyl (C=O) groups is 3. The molecule has 4 N–H and O–H groups in total. The molecule has 0 bridgehead atoms. The average molecular weight is 437 g/mol. The minimum Gasteiger partial charge on any atom is -0.310 e. The van der Waals surface area contributed by atoms with Crippen LogP contribution in [0.5, 0.6) is 0 Å². The number of hydrogen-bond donors (Lipinski definition) is 4. The molecular formula is C25H32N4O3. The summed E-state index contributed by atoms with van der Waals surface area (Å²) < 4.78 is 0. The summed E-state index contributed by atoms with van der Waals surface area (Å²) in [5, 5.41) is 6.30. The van der Waals surface area contributed by atoms with Crippen molar-refractivity contribution in [2.45, 2.75) is 50.9 Å². The van der Waals surface area contributed by atoms with Crippen LogP contribution in [0, 0.1) is 0 Å². The lowest BCUT2D eigenvalue weighted by molar-refractivity contribution is -0.122. The van der Waals surface area contributed by atoms with Gasteiger partial charge in [-0.25, -0.2) is 10.9 Å². The fraction of sp³-hybridized carbons (Fsp3) is 0.400. The van der Waals surface area contributed by atoms with Crippen LogP contribution in [0.3, 0.4) is 0 Å². The highest BCUT2D eigenvalue weighted by Crippen LogP contribution is 2.17. The molecule has 0 aliphatic carbocycles. The first kappa shape index (κ1) is 23.9. The van der Waals surface area contributed by atoms with Crippen LogP contribution in [0.4, 0.5) is 0 Å². The minimum atomic E-state index is -0.379. The highest BCUT2D eigenvalue weighted by molar-refractivity contribution is 6.08. The SMILES string of the molecule is CN[C@@H](CC1(C)NN1)C(=O)CCN[C@@H](Cc1ccc(C(=O)c2ccccc2)cc1)C(C)=O. The van der Waals surface area contributed by atoms with E-state index in [4.69, 9.17) is 0 Å². The molecule has 1 heterocycles. The van der Waals surface area contributed by atoms with Crippen molar-refractivity contribution in [2.75, 3.05) is 13.6 Å². The maximum Gasteiger partial charge on any atom is 0.193 e. The van der Waals surface area contributed by atoms with Crippen LogP contribution in [0.15, 0.2) is 54.6 Å². The Morgan fingerprint density at radius 1 is 0.938 bits per heavy atom. The largest absolute Gasteiger partial charge is 0.310 e. The van der Waals surface area contributed by atoms with Gasteiger partial charge in [0, 0.05) is 30.5 Å². The fourth-order valence-electron chi connectivity index (χ4n) is 3.68. The van der Waals surface area contributed by atoms with Gasteiger partial charge in [-0.2, -0.15) is 0 Å². The monoisotopic (exact) mass is 436 g/mol. The molecular weight excluding hydrogens is 404 g/mol. The number of hydrazine groups is 1. The van der Waals surface area contributed by atoms with Gasteiger partial charge in [0.1, 0.15) is 5.78 Å². The number of rotatable bonds is 13. The lowest BCUT2D eigenvalue weighted by atomic mass is 9.98. The predicted molar refractivity (Wildman–Crippen MR) is 124 cm³/mol. The number of hydrogen-bond acceptors (Lipinski definition) is 7. The summed E-state index contributed by atoms with van der Waals surface area (Å²) in [7, 11) is 1.78. The Morgan fingerprint density at radius 3 is 2.12 bits per heavy atom. The van der Waals surface area contributed by atoms with Crippen LogP contribution in [0.1, 0.15) is 48.2 Å². The van der Waals surface area contributed by atoms with E-state index in [9.17, 15) is 14.4 Å². The van der Waals surface area contributed by atoms with Gasteiger partial charge >= 0.3 is 0 Å². The minimum absolute atomic E-state index is 0.0194. The quantitative estimate of drug-likeness (QED) is 0.279. The molecule has 0 amide bonds. The van der Waals surface area contributed by atoms with E-state index in [1.165, 1.54) is 0 Å². The van der Waals surface area contributed by atoms with Crippen molar-refractivity contribution >= 4 is 17.3 Å². The zero-order valence-corrected chi connectivity index (χ0v) is 18.9. The van der Waals surface area contributed by atoms with Gasteiger partial charge in [-0.05, 0) is 32.9 Å². The van der Waals surface area contributed by atoms with Crippen molar-refractivity contribution in [2.24, 2.45) is 0 Å². The summed E-state index contributed by atoms with van der Waals surface area (Å²) in [5.41, 5.74) is 8.12. The van der Waals surface area contributed by atoms with E-state index in [-0.39, 0.29) is 35.1 Å². The molecule has 3 rings (SSSR count). The molecule has 1 fully saturated rings. The smallest absolute Gasteiger partial charge is 0.193 e. The normalized spacial score (nSPS) is 16.2. The molecule has 0 radical (unpaired) electrons. The Morgan fingerprint density at radius 2 is 1.56 bits per heavy atom. The van der Waals surface area contributed by atoms with Gasteiger partial charge in [-0.3, -0.25) is 14.4 Å². The first-order chi connectivity index (χ1) is 15.3. The molecule has 32 heavy (non-hydrogen) atoms. The third-order valence-corrected chi connectivity index (χ3v) is 5.85. The molecule has 2 atom stereocenters. The van der Waals surface area contributed by atoms with Crippen LogP contribution in [0.25, 0.3) is 0 Å². The average Bonchev–Trinajstić information content (AvgIpc) is 3.54. The second-order valence-corrected chi connectivity index (χ2v) is 8.56. The maximum atomic E-state index is 12.6. The number of Topliss-reactive ketones (excluding diaryl/α,β-unsaturated/α-hetero) is 2. The van der Waals surface area contributed by atoms with Gasteiger partial charge in [0.25, 0.3) is 0 Å². The molecule has 7 nitrogen and oxygen atoms in total. The van der Waals surface area contributed by atoms with Crippen molar-refractivity contribution < 1.29 is 14.4 Å². The standard InChI is InChI=1S/C25H32N4O3/c1-17(30)21(27-14-13-23(31)22(26-3)16-25(2)28-29-25)15-18-9-11-20(12-10-18)24(32)19-7-5-4-6-8-19/h4-12,21-22,26-29H,13-16H2,1-3H3/t21-,22-/m0/s1. The molecule has 0 spiro atoms. The van der Waals surface area contributed by atoms with Gasteiger partial charge in [0.15, 0.2) is 11.6 Å². The number of ketones is 3. The van der Waals surface area contributed by atoms with Gasteiger partial charge < -0.3 is 10.6 Å². The lowest BCUT2D eigenvalue weighted by Gasteiger charge is -2.19. The number of benzene rings is 2. The summed E-state index contributed by atoms with van der Waals surface area (Å²) in [4.78, 5) is 37.2. The van der Waals surface area contributed by atoms with Crippen molar-refractivity contribution in [3.63, 3.8) is 0 Å². The number of nitrogens with one attached hydrogen (secondary N) is 4. The zero-order chi connectivity index (χ0) is 23.1. The van der Waals surface area contributed by atoms with E-state index >= 15 is 0 Å². The van der Waals surface area contributed by atoms with Gasteiger partial charge in [-0.1, -0.05) is 54.6 Å². The van der Waals surface area contributed by atoms with Gasteiger partial charge in [0.2, 0.25) is 0 Å². The van der Waals surface area contributed by atoms with Crippen molar-refractivity contribution in [1.82, 2.24) is 21.5 Å².